The Morgan fingerprint density at radius 2 is 2.33 bits per heavy atom. The van der Waals surface area contributed by atoms with Crippen LogP contribution in [0, 0.1) is 0 Å². The molecule has 0 radical (unpaired) electrons. The molecule has 3 nitrogen and oxygen atoms in total. The molecule has 100 valence electrons. The molecule has 1 saturated heterocycles. The third-order valence-electron chi connectivity index (χ3n) is 3.34. The van der Waals surface area contributed by atoms with Gasteiger partial charge in [-0.25, -0.2) is 0 Å². The van der Waals surface area contributed by atoms with E-state index in [2.05, 4.69) is 11.8 Å². The van der Waals surface area contributed by atoms with Gasteiger partial charge in [0.25, 0.3) is 0 Å². The summed E-state index contributed by atoms with van der Waals surface area (Å²) in [5, 5.41) is 0.644. The third kappa shape index (κ3) is 3.61. The first kappa shape index (κ1) is 13.7. The molecule has 1 atom stereocenters. The van der Waals surface area contributed by atoms with Crippen molar-refractivity contribution in [3.8, 4) is 0 Å². The topological polar surface area (TPSA) is 38.5 Å². The van der Waals surface area contributed by atoms with Gasteiger partial charge in [0, 0.05) is 19.7 Å². The minimum Gasteiger partial charge on any atom is -0.398 e. The summed E-state index contributed by atoms with van der Waals surface area (Å²) >= 11 is 6.04. The fraction of sp³-hybridized carbons (Fsp3) is 0.571. The van der Waals surface area contributed by atoms with E-state index in [9.17, 15) is 0 Å². The lowest BCUT2D eigenvalue weighted by Gasteiger charge is -2.32. The second-order valence-corrected chi connectivity index (χ2v) is 5.22. The summed E-state index contributed by atoms with van der Waals surface area (Å²) in [6.07, 6.45) is 2.76. The van der Waals surface area contributed by atoms with Gasteiger partial charge in [0.1, 0.15) is 0 Å². The van der Waals surface area contributed by atoms with E-state index in [1.54, 1.807) is 0 Å². The number of hydrogen-bond donors (Lipinski definition) is 1. The second-order valence-electron chi connectivity index (χ2n) is 4.81. The van der Waals surface area contributed by atoms with Crippen molar-refractivity contribution >= 4 is 17.3 Å². The van der Waals surface area contributed by atoms with Gasteiger partial charge in [-0.3, -0.25) is 4.90 Å². The van der Waals surface area contributed by atoms with Crippen molar-refractivity contribution in [3.05, 3.63) is 28.8 Å². The predicted octanol–water partition coefficient (Wildman–Crippen LogP) is 2.92. The number of ether oxygens (including phenoxy) is 1. The highest BCUT2D eigenvalue weighted by atomic mass is 35.5. The number of nitrogens with zero attached hydrogens (tertiary/aromatic N) is 1. The number of piperidine rings is 1. The zero-order valence-corrected chi connectivity index (χ0v) is 11.6. The Kier molecular flexibility index (Phi) is 4.87. The summed E-state index contributed by atoms with van der Waals surface area (Å²) in [6.45, 7) is 5.91. The maximum absolute atomic E-state index is 6.04. The van der Waals surface area contributed by atoms with Gasteiger partial charge in [-0.1, -0.05) is 17.7 Å². The monoisotopic (exact) mass is 268 g/mol. The minimum atomic E-state index is 0.382. The van der Waals surface area contributed by atoms with E-state index in [-0.39, 0.29) is 0 Å². The number of anilines is 1. The molecule has 2 rings (SSSR count). The molecule has 1 aromatic rings. The number of hydrogen-bond acceptors (Lipinski definition) is 3. The van der Waals surface area contributed by atoms with E-state index in [1.807, 2.05) is 18.2 Å². The fourth-order valence-electron chi connectivity index (χ4n) is 2.46. The quantitative estimate of drug-likeness (QED) is 0.854. The number of halogens is 1. The Morgan fingerprint density at radius 1 is 1.50 bits per heavy atom. The van der Waals surface area contributed by atoms with Crippen molar-refractivity contribution in [3.63, 3.8) is 0 Å². The van der Waals surface area contributed by atoms with Crippen molar-refractivity contribution in [1.29, 1.82) is 0 Å². The lowest BCUT2D eigenvalue weighted by molar-refractivity contribution is 0.00363. The SMILES string of the molecule is CCOC1CCCN(Cc2ccc(N)c(Cl)c2)C1. The van der Waals surface area contributed by atoms with E-state index in [4.69, 9.17) is 22.1 Å². The normalized spacial score (nSPS) is 21.1. The van der Waals surface area contributed by atoms with E-state index in [0.717, 1.165) is 26.2 Å². The molecule has 0 aromatic heterocycles. The molecule has 0 spiro atoms. The van der Waals surface area contributed by atoms with Crippen LogP contribution in [-0.2, 0) is 11.3 Å². The van der Waals surface area contributed by atoms with Crippen LogP contribution in [0.15, 0.2) is 18.2 Å². The number of benzene rings is 1. The molecule has 1 unspecified atom stereocenters. The van der Waals surface area contributed by atoms with Gasteiger partial charge < -0.3 is 10.5 Å². The molecule has 0 saturated carbocycles. The van der Waals surface area contributed by atoms with Crippen LogP contribution in [0.1, 0.15) is 25.3 Å². The smallest absolute Gasteiger partial charge is 0.0702 e. The van der Waals surface area contributed by atoms with Crippen LogP contribution >= 0.6 is 11.6 Å². The lowest BCUT2D eigenvalue weighted by atomic mass is 10.1. The molecule has 0 amide bonds. The van der Waals surface area contributed by atoms with E-state index in [1.165, 1.54) is 18.4 Å². The Balaban J connectivity index is 1.93. The molecular weight excluding hydrogens is 248 g/mol. The van der Waals surface area contributed by atoms with Crippen molar-refractivity contribution in [2.45, 2.75) is 32.4 Å². The summed E-state index contributed by atoms with van der Waals surface area (Å²) in [5.41, 5.74) is 7.58. The highest BCUT2D eigenvalue weighted by molar-refractivity contribution is 6.33. The first-order valence-electron chi connectivity index (χ1n) is 6.57. The second kappa shape index (κ2) is 6.41. The van der Waals surface area contributed by atoms with Crippen LogP contribution in [0.4, 0.5) is 5.69 Å². The van der Waals surface area contributed by atoms with Gasteiger partial charge in [0.15, 0.2) is 0 Å². The average molecular weight is 269 g/mol. The summed E-state index contributed by atoms with van der Waals surface area (Å²) < 4.78 is 5.71. The lowest BCUT2D eigenvalue weighted by Crippen LogP contribution is -2.39. The van der Waals surface area contributed by atoms with E-state index >= 15 is 0 Å². The molecule has 18 heavy (non-hydrogen) atoms. The molecule has 1 aliphatic heterocycles. The average Bonchev–Trinajstić information content (AvgIpc) is 2.35. The van der Waals surface area contributed by atoms with Crippen LogP contribution in [0.2, 0.25) is 5.02 Å². The van der Waals surface area contributed by atoms with Crippen molar-refractivity contribution < 1.29 is 4.74 Å². The van der Waals surface area contributed by atoms with Gasteiger partial charge in [0.05, 0.1) is 16.8 Å². The molecule has 1 fully saturated rings. The molecule has 0 bridgehead atoms. The highest BCUT2D eigenvalue weighted by Crippen LogP contribution is 2.22. The van der Waals surface area contributed by atoms with Gasteiger partial charge in [-0.2, -0.15) is 0 Å². The predicted molar refractivity (Wildman–Crippen MR) is 75.8 cm³/mol. The summed E-state index contributed by atoms with van der Waals surface area (Å²) in [5.74, 6) is 0. The Bertz CT molecular complexity index is 395. The maximum Gasteiger partial charge on any atom is 0.0702 e. The molecule has 0 aliphatic carbocycles. The molecular formula is C14H21ClN2O. The van der Waals surface area contributed by atoms with Gasteiger partial charge in [0.2, 0.25) is 0 Å². The Morgan fingerprint density at radius 3 is 3.06 bits per heavy atom. The summed E-state index contributed by atoms with van der Waals surface area (Å²) in [6, 6.07) is 5.88. The minimum absolute atomic E-state index is 0.382. The summed E-state index contributed by atoms with van der Waals surface area (Å²) in [4.78, 5) is 2.42. The Hall–Kier alpha value is -0.770. The van der Waals surface area contributed by atoms with Crippen LogP contribution in [0.5, 0.6) is 0 Å². The van der Waals surface area contributed by atoms with Crippen molar-refractivity contribution in [1.82, 2.24) is 4.90 Å². The Labute approximate surface area is 114 Å². The zero-order valence-electron chi connectivity index (χ0n) is 10.9. The number of nitrogens with two attached hydrogens (primary N) is 1. The largest absolute Gasteiger partial charge is 0.398 e. The zero-order chi connectivity index (χ0) is 13.0. The maximum atomic E-state index is 6.04. The standard InChI is InChI=1S/C14H21ClN2O/c1-2-18-12-4-3-7-17(10-12)9-11-5-6-14(16)13(15)8-11/h5-6,8,12H,2-4,7,9-10,16H2,1H3. The third-order valence-corrected chi connectivity index (χ3v) is 3.66. The molecule has 4 heteroatoms. The number of rotatable bonds is 4. The molecule has 1 aromatic carbocycles. The van der Waals surface area contributed by atoms with Gasteiger partial charge in [-0.05, 0) is 44.0 Å². The van der Waals surface area contributed by atoms with Crippen LogP contribution in [0.3, 0.4) is 0 Å². The first-order chi connectivity index (χ1) is 8.69. The molecule has 2 N–H and O–H groups in total. The van der Waals surface area contributed by atoms with E-state index < -0.39 is 0 Å². The van der Waals surface area contributed by atoms with Gasteiger partial charge >= 0.3 is 0 Å². The van der Waals surface area contributed by atoms with Crippen molar-refractivity contribution in [2.24, 2.45) is 0 Å². The molecule has 1 heterocycles. The number of nitrogen functional groups attached to an aromatic ring is 1. The first-order valence-corrected chi connectivity index (χ1v) is 6.94. The van der Waals surface area contributed by atoms with Gasteiger partial charge in [-0.15, -0.1) is 0 Å². The van der Waals surface area contributed by atoms with Crippen LogP contribution < -0.4 is 5.73 Å². The fourth-order valence-corrected chi connectivity index (χ4v) is 2.66. The van der Waals surface area contributed by atoms with Crippen LogP contribution in [-0.4, -0.2) is 30.7 Å². The summed E-state index contributed by atoms with van der Waals surface area (Å²) in [7, 11) is 0. The highest BCUT2D eigenvalue weighted by Gasteiger charge is 2.19. The van der Waals surface area contributed by atoms with Crippen LogP contribution in [0.25, 0.3) is 0 Å². The van der Waals surface area contributed by atoms with E-state index in [0.29, 0.717) is 16.8 Å². The molecule has 1 aliphatic rings. The van der Waals surface area contributed by atoms with Crippen molar-refractivity contribution in [2.75, 3.05) is 25.4 Å². The number of likely N-dealkylation sites (tertiary alicyclic amines) is 1.